The Hall–Kier alpha value is -2.49. The number of hydrogen-bond donors (Lipinski definition) is 4. The summed E-state index contributed by atoms with van der Waals surface area (Å²) < 4.78 is 26.9. The Bertz CT molecular complexity index is 1050. The second kappa shape index (κ2) is 11.5. The van der Waals surface area contributed by atoms with E-state index >= 15 is 0 Å². The van der Waals surface area contributed by atoms with Crippen LogP contribution in [0, 0.1) is 5.41 Å². The maximum absolute atomic E-state index is 12.9. The van der Waals surface area contributed by atoms with E-state index in [0.29, 0.717) is 5.57 Å². The number of phosphoric acid groups is 1. The van der Waals surface area contributed by atoms with E-state index < -0.39 is 61.4 Å². The number of rotatable bonds is 10. The highest BCUT2D eigenvalue weighted by Gasteiger charge is 2.44. The highest BCUT2D eigenvalue weighted by molar-refractivity contribution is 7.47. The van der Waals surface area contributed by atoms with Gasteiger partial charge in [-0.15, -0.1) is 0 Å². The number of aliphatic hydroxyl groups excluding tert-OH is 3. The molecule has 0 radical (unpaired) electrons. The van der Waals surface area contributed by atoms with Gasteiger partial charge in [-0.3, -0.25) is 13.8 Å². The molecule has 0 saturated heterocycles. The van der Waals surface area contributed by atoms with Gasteiger partial charge in [0.05, 0.1) is 6.61 Å². The summed E-state index contributed by atoms with van der Waals surface area (Å²) in [6, 6.07) is 0. The normalized spacial score (nSPS) is 26.1. The maximum Gasteiger partial charge on any atom is 0.472 e. The molecule has 11 heteroatoms. The minimum Gasteiger partial charge on any atom is -0.505 e. The molecule has 2 unspecified atom stereocenters. The van der Waals surface area contributed by atoms with E-state index in [4.69, 9.17) is 9.05 Å². The number of cyclic esters (lactones) is 1. The molecular formula is C24H33O10P. The van der Waals surface area contributed by atoms with Crippen LogP contribution in [-0.2, 0) is 27.9 Å². The summed E-state index contributed by atoms with van der Waals surface area (Å²) in [5.74, 6) is -3.70. The Kier molecular flexibility index (Phi) is 9.44. The fourth-order valence-electron chi connectivity index (χ4n) is 3.79. The van der Waals surface area contributed by atoms with Gasteiger partial charge in [-0.1, -0.05) is 56.7 Å². The fraction of sp³-hybridized carbons (Fsp3) is 0.500. The summed E-state index contributed by atoms with van der Waals surface area (Å²) in [5.41, 5.74) is 1.60. The predicted molar refractivity (Wildman–Crippen MR) is 127 cm³/mol. The number of hydrogen-bond acceptors (Lipinski definition) is 9. The quantitative estimate of drug-likeness (QED) is 0.192. The van der Waals surface area contributed by atoms with Gasteiger partial charge in [0.25, 0.3) is 0 Å². The van der Waals surface area contributed by atoms with Crippen LogP contribution in [0.1, 0.15) is 47.5 Å². The van der Waals surface area contributed by atoms with Crippen LogP contribution in [-0.4, -0.2) is 56.9 Å². The molecule has 0 amide bonds. The van der Waals surface area contributed by atoms with E-state index in [1.165, 1.54) is 0 Å². The second-order valence-electron chi connectivity index (χ2n) is 9.06. The van der Waals surface area contributed by atoms with Gasteiger partial charge in [-0.25, -0.2) is 9.36 Å². The zero-order chi connectivity index (χ0) is 26.6. The van der Waals surface area contributed by atoms with Crippen molar-refractivity contribution in [2.75, 3.05) is 6.61 Å². The Morgan fingerprint density at radius 2 is 1.97 bits per heavy atom. The summed E-state index contributed by atoms with van der Waals surface area (Å²) in [5, 5.41) is 28.9. The third-order valence-electron chi connectivity index (χ3n) is 5.69. The van der Waals surface area contributed by atoms with Crippen molar-refractivity contribution in [1.29, 1.82) is 0 Å². The van der Waals surface area contributed by atoms with E-state index in [-0.39, 0.29) is 6.42 Å². The van der Waals surface area contributed by atoms with Crippen LogP contribution < -0.4 is 0 Å². The molecule has 0 fully saturated rings. The predicted octanol–water partition coefficient (Wildman–Crippen LogP) is 3.89. The molecule has 4 N–H and O–H groups in total. The van der Waals surface area contributed by atoms with E-state index in [9.17, 15) is 34.4 Å². The zero-order valence-electron chi connectivity index (χ0n) is 20.4. The molecule has 0 aromatic heterocycles. The molecule has 10 nitrogen and oxygen atoms in total. The first-order valence-corrected chi connectivity index (χ1v) is 12.6. The summed E-state index contributed by atoms with van der Waals surface area (Å²) in [6.07, 6.45) is 6.03. The number of carbonyl (C=O) groups is 2. The van der Waals surface area contributed by atoms with Crippen LogP contribution in [0.5, 0.6) is 0 Å². The number of phosphoric ester groups is 1. The van der Waals surface area contributed by atoms with Crippen LogP contribution in [0.3, 0.4) is 0 Å². The van der Waals surface area contributed by atoms with Crippen molar-refractivity contribution < 1.29 is 48.2 Å². The molecule has 0 aromatic carbocycles. The molecule has 0 saturated carbocycles. The van der Waals surface area contributed by atoms with E-state index in [1.54, 1.807) is 6.92 Å². The standard InChI is InChI=1S/C24H33O10P/c1-6-7-8-9-14(2)10-11-16-15(3)19(26)18(12-24(16,4)5)34-35(30,31)32-13-17(25)22-20(27)21(28)23(29)33-22/h7-11,17-18,22,25,27-28H,6,12-13H2,1-5H3,(H,30,31)/b8-7+,11-10+,14-9+/t17-,18?,22+/m0/s1. The first-order valence-electron chi connectivity index (χ1n) is 11.1. The van der Waals surface area contributed by atoms with E-state index in [1.807, 2.05) is 58.1 Å². The molecule has 4 atom stereocenters. The smallest absolute Gasteiger partial charge is 0.472 e. The number of ether oxygens (including phenoxy) is 1. The van der Waals surface area contributed by atoms with Crippen molar-refractivity contribution >= 4 is 19.6 Å². The summed E-state index contributed by atoms with van der Waals surface area (Å²) in [7, 11) is -4.83. The van der Waals surface area contributed by atoms with Crippen molar-refractivity contribution in [3.63, 3.8) is 0 Å². The van der Waals surface area contributed by atoms with Gasteiger partial charge in [0.15, 0.2) is 17.6 Å². The van der Waals surface area contributed by atoms with Crippen LogP contribution in [0.2, 0.25) is 0 Å². The average Bonchev–Trinajstić information content (AvgIpc) is 3.02. The van der Waals surface area contributed by atoms with Crippen LogP contribution in [0.4, 0.5) is 0 Å². The van der Waals surface area contributed by atoms with Crippen LogP contribution >= 0.6 is 7.82 Å². The molecule has 1 aliphatic carbocycles. The Morgan fingerprint density at radius 3 is 2.54 bits per heavy atom. The minimum atomic E-state index is -4.83. The third-order valence-corrected chi connectivity index (χ3v) is 6.69. The number of ketones is 1. The lowest BCUT2D eigenvalue weighted by molar-refractivity contribution is -0.147. The molecule has 1 heterocycles. The lowest BCUT2D eigenvalue weighted by Crippen LogP contribution is -2.37. The van der Waals surface area contributed by atoms with Gasteiger partial charge in [-0.05, 0) is 43.3 Å². The lowest BCUT2D eigenvalue weighted by atomic mass is 9.71. The highest BCUT2D eigenvalue weighted by Crippen LogP contribution is 2.50. The Labute approximate surface area is 204 Å². The van der Waals surface area contributed by atoms with E-state index in [0.717, 1.165) is 17.6 Å². The monoisotopic (exact) mass is 512 g/mol. The Balaban J connectivity index is 2.09. The highest BCUT2D eigenvalue weighted by atomic mass is 31.2. The minimum absolute atomic E-state index is 0.107. The number of esters is 1. The number of Topliss-reactive ketones (excluding diaryl/α,β-unsaturated/α-hetero) is 1. The largest absolute Gasteiger partial charge is 0.505 e. The van der Waals surface area contributed by atoms with Gasteiger partial charge in [0.2, 0.25) is 5.76 Å². The number of aliphatic hydroxyl groups is 3. The molecule has 0 spiro atoms. The van der Waals surface area contributed by atoms with Gasteiger partial charge in [0, 0.05) is 0 Å². The van der Waals surface area contributed by atoms with Gasteiger partial charge in [0.1, 0.15) is 12.2 Å². The van der Waals surface area contributed by atoms with Crippen molar-refractivity contribution in [3.05, 3.63) is 58.6 Å². The van der Waals surface area contributed by atoms with Gasteiger partial charge >= 0.3 is 13.8 Å². The fourth-order valence-corrected chi connectivity index (χ4v) is 4.68. The average molecular weight is 512 g/mol. The molecular weight excluding hydrogens is 479 g/mol. The van der Waals surface area contributed by atoms with E-state index in [2.05, 4.69) is 4.74 Å². The zero-order valence-corrected chi connectivity index (χ0v) is 21.3. The van der Waals surface area contributed by atoms with Crippen molar-refractivity contribution in [2.24, 2.45) is 5.41 Å². The van der Waals surface area contributed by atoms with Gasteiger partial charge in [-0.2, -0.15) is 0 Å². The second-order valence-corrected chi connectivity index (χ2v) is 10.5. The summed E-state index contributed by atoms with van der Waals surface area (Å²) in [6.45, 7) is 8.49. The molecule has 35 heavy (non-hydrogen) atoms. The molecule has 194 valence electrons. The molecule has 1 aliphatic heterocycles. The molecule has 0 aromatic rings. The van der Waals surface area contributed by atoms with Gasteiger partial charge < -0.3 is 24.9 Å². The first kappa shape index (κ1) is 28.7. The summed E-state index contributed by atoms with van der Waals surface area (Å²) in [4.78, 5) is 34.3. The SMILES string of the molecule is CC/C=C/C=C(C)/C=C/C1=C(C)C(=O)C(OP(=O)(O)OC[C@H](O)[C@H]2OC(=O)C(O)=C2O)CC1(C)C. The molecule has 0 bridgehead atoms. The third kappa shape index (κ3) is 7.25. The molecule has 2 aliphatic rings. The number of allylic oxidation sites excluding steroid dienone is 7. The van der Waals surface area contributed by atoms with Crippen molar-refractivity contribution in [2.45, 2.75) is 65.8 Å². The first-order chi connectivity index (χ1) is 16.2. The van der Waals surface area contributed by atoms with Crippen LogP contribution in [0.25, 0.3) is 0 Å². The topological polar surface area (TPSA) is 160 Å². The van der Waals surface area contributed by atoms with Crippen LogP contribution in [0.15, 0.2) is 58.6 Å². The lowest BCUT2D eigenvalue weighted by Gasteiger charge is -2.36. The summed E-state index contributed by atoms with van der Waals surface area (Å²) >= 11 is 0. The molecule has 2 rings (SSSR count). The maximum atomic E-state index is 12.9. The van der Waals surface area contributed by atoms with Crippen molar-refractivity contribution in [3.8, 4) is 0 Å². The van der Waals surface area contributed by atoms with Crippen molar-refractivity contribution in [1.82, 2.24) is 0 Å². The Morgan fingerprint density at radius 1 is 1.31 bits per heavy atom. The number of carbonyl (C=O) groups excluding carboxylic acids is 2.